The number of benzene rings is 1. The lowest BCUT2D eigenvalue weighted by atomic mass is 10.1. The predicted molar refractivity (Wildman–Crippen MR) is 99.4 cm³/mol. The Labute approximate surface area is 150 Å². The second-order valence-electron chi connectivity index (χ2n) is 6.00. The van der Waals surface area contributed by atoms with Crippen molar-refractivity contribution in [1.82, 2.24) is 25.3 Å². The predicted octanol–water partition coefficient (Wildman–Crippen LogP) is 3.51. The van der Waals surface area contributed by atoms with Gasteiger partial charge in [-0.3, -0.25) is 4.79 Å². The van der Waals surface area contributed by atoms with Gasteiger partial charge in [-0.1, -0.05) is 30.3 Å². The molecule has 0 saturated carbocycles. The third-order valence-electron chi connectivity index (χ3n) is 4.26. The van der Waals surface area contributed by atoms with E-state index in [0.717, 1.165) is 27.7 Å². The molecule has 3 aromatic heterocycles. The molecule has 0 aliphatic carbocycles. The van der Waals surface area contributed by atoms with Crippen LogP contribution in [0.15, 0.2) is 67.3 Å². The minimum atomic E-state index is -0.298. The summed E-state index contributed by atoms with van der Waals surface area (Å²) >= 11 is 0. The highest BCUT2D eigenvalue weighted by molar-refractivity contribution is 5.94. The van der Waals surface area contributed by atoms with Crippen molar-refractivity contribution in [3.05, 3.63) is 78.6 Å². The Balaban J connectivity index is 1.53. The molecule has 4 rings (SSSR count). The molecule has 0 radical (unpaired) electrons. The van der Waals surface area contributed by atoms with Gasteiger partial charge in [-0.15, -0.1) is 0 Å². The smallest absolute Gasteiger partial charge is 0.289 e. The van der Waals surface area contributed by atoms with Crippen LogP contribution >= 0.6 is 0 Å². The van der Waals surface area contributed by atoms with E-state index in [1.54, 1.807) is 18.6 Å². The van der Waals surface area contributed by atoms with Crippen LogP contribution in [-0.2, 0) is 0 Å². The molecular formula is C20H17N5O. The first-order chi connectivity index (χ1) is 12.7. The first-order valence-electron chi connectivity index (χ1n) is 8.32. The van der Waals surface area contributed by atoms with Crippen molar-refractivity contribution in [3.8, 4) is 11.1 Å². The van der Waals surface area contributed by atoms with E-state index in [-0.39, 0.29) is 17.8 Å². The lowest BCUT2D eigenvalue weighted by Crippen LogP contribution is -2.28. The minimum Gasteiger partial charge on any atom is -0.346 e. The largest absolute Gasteiger partial charge is 0.346 e. The molecule has 1 aromatic carbocycles. The van der Waals surface area contributed by atoms with Crippen LogP contribution in [0, 0.1) is 0 Å². The van der Waals surface area contributed by atoms with Crippen molar-refractivity contribution in [2.24, 2.45) is 0 Å². The Morgan fingerprint density at radius 1 is 1.04 bits per heavy atom. The van der Waals surface area contributed by atoms with Crippen LogP contribution in [0.5, 0.6) is 0 Å². The average Bonchev–Trinajstić information content (AvgIpc) is 3.13. The van der Waals surface area contributed by atoms with Crippen LogP contribution < -0.4 is 5.32 Å². The fraction of sp³-hybridized carbons (Fsp3) is 0.100. The van der Waals surface area contributed by atoms with E-state index in [9.17, 15) is 4.79 Å². The summed E-state index contributed by atoms with van der Waals surface area (Å²) in [4.78, 5) is 28.2. The summed E-state index contributed by atoms with van der Waals surface area (Å²) < 4.78 is 0. The van der Waals surface area contributed by atoms with Gasteiger partial charge >= 0.3 is 0 Å². The number of hydrogen-bond acceptors (Lipinski definition) is 4. The second-order valence-corrected chi connectivity index (χ2v) is 6.00. The van der Waals surface area contributed by atoms with E-state index < -0.39 is 0 Å². The lowest BCUT2D eigenvalue weighted by molar-refractivity contribution is 0.0929. The van der Waals surface area contributed by atoms with Crippen molar-refractivity contribution in [1.29, 1.82) is 0 Å². The Morgan fingerprint density at radius 3 is 2.58 bits per heavy atom. The molecule has 0 spiro atoms. The molecule has 1 atom stereocenters. The van der Waals surface area contributed by atoms with Gasteiger partial charge in [-0.2, -0.15) is 0 Å². The van der Waals surface area contributed by atoms with E-state index >= 15 is 0 Å². The number of carbonyl (C=O) groups is 1. The number of amides is 1. The molecule has 0 fully saturated rings. The van der Waals surface area contributed by atoms with E-state index in [2.05, 4.69) is 25.3 Å². The maximum absolute atomic E-state index is 12.4. The van der Waals surface area contributed by atoms with Gasteiger partial charge in [0.05, 0.1) is 6.04 Å². The van der Waals surface area contributed by atoms with Crippen LogP contribution in [0.3, 0.4) is 0 Å². The number of nitrogens with zero attached hydrogens (tertiary/aromatic N) is 3. The van der Waals surface area contributed by atoms with Crippen LogP contribution in [0.25, 0.3) is 22.2 Å². The molecule has 128 valence electrons. The molecule has 0 aliphatic rings. The first kappa shape index (κ1) is 16.0. The van der Waals surface area contributed by atoms with Gasteiger partial charge in [0.25, 0.3) is 5.91 Å². The first-order valence-corrected chi connectivity index (χ1v) is 8.32. The van der Waals surface area contributed by atoms with Crippen molar-refractivity contribution >= 4 is 16.9 Å². The molecular weight excluding hydrogens is 326 g/mol. The van der Waals surface area contributed by atoms with E-state index in [0.29, 0.717) is 0 Å². The molecule has 6 nitrogen and oxygen atoms in total. The monoisotopic (exact) mass is 343 g/mol. The van der Waals surface area contributed by atoms with Gasteiger partial charge in [-0.25, -0.2) is 15.0 Å². The number of H-pyrrole nitrogens is 1. The lowest BCUT2D eigenvalue weighted by Gasteiger charge is -2.13. The molecule has 4 aromatic rings. The van der Waals surface area contributed by atoms with Crippen LogP contribution in [-0.4, -0.2) is 25.8 Å². The molecule has 1 unspecified atom stereocenters. The van der Waals surface area contributed by atoms with Crippen LogP contribution in [0.1, 0.15) is 29.1 Å². The summed E-state index contributed by atoms with van der Waals surface area (Å²) in [6.07, 6.45) is 6.92. The normalized spacial score (nSPS) is 12.0. The summed E-state index contributed by atoms with van der Waals surface area (Å²) in [7, 11) is 0. The molecule has 6 heteroatoms. The zero-order valence-corrected chi connectivity index (χ0v) is 14.2. The van der Waals surface area contributed by atoms with Crippen molar-refractivity contribution < 1.29 is 4.79 Å². The van der Waals surface area contributed by atoms with Crippen LogP contribution in [0.2, 0.25) is 0 Å². The zero-order chi connectivity index (χ0) is 17.9. The van der Waals surface area contributed by atoms with Crippen molar-refractivity contribution in [3.63, 3.8) is 0 Å². The highest BCUT2D eigenvalue weighted by Crippen LogP contribution is 2.26. The highest BCUT2D eigenvalue weighted by Gasteiger charge is 2.14. The maximum atomic E-state index is 12.4. The number of aromatic amines is 1. The van der Waals surface area contributed by atoms with Gasteiger partial charge in [0.15, 0.2) is 0 Å². The maximum Gasteiger partial charge on any atom is 0.289 e. The van der Waals surface area contributed by atoms with Gasteiger partial charge in [-0.05, 0) is 24.6 Å². The van der Waals surface area contributed by atoms with Gasteiger partial charge in [0.2, 0.25) is 5.82 Å². The molecule has 0 saturated heterocycles. The zero-order valence-electron chi connectivity index (χ0n) is 14.2. The van der Waals surface area contributed by atoms with Gasteiger partial charge in [0, 0.05) is 41.3 Å². The van der Waals surface area contributed by atoms with Crippen molar-refractivity contribution in [2.45, 2.75) is 13.0 Å². The molecule has 3 heterocycles. The molecule has 0 aliphatic heterocycles. The molecule has 0 bridgehead atoms. The van der Waals surface area contributed by atoms with E-state index in [1.165, 1.54) is 0 Å². The number of hydrogen-bond donors (Lipinski definition) is 2. The molecule has 2 N–H and O–H groups in total. The van der Waals surface area contributed by atoms with Crippen molar-refractivity contribution in [2.75, 3.05) is 0 Å². The second kappa shape index (κ2) is 6.76. The number of pyridine rings is 1. The minimum absolute atomic E-state index is 0.119. The summed E-state index contributed by atoms with van der Waals surface area (Å²) in [6.45, 7) is 1.93. The molecule has 1 amide bonds. The summed E-state index contributed by atoms with van der Waals surface area (Å²) in [5.74, 6) is -0.150. The van der Waals surface area contributed by atoms with Gasteiger partial charge < -0.3 is 10.3 Å². The standard InChI is InChI=1S/C20H17N5O/c1-13(14-6-3-2-4-7-14)25-20(26)19-22-10-15(11-23-19)17-12-24-18-16(17)8-5-9-21-18/h2-13H,1H3,(H,21,24)(H,25,26). The van der Waals surface area contributed by atoms with Gasteiger partial charge in [0.1, 0.15) is 5.65 Å². The summed E-state index contributed by atoms with van der Waals surface area (Å²) in [5, 5.41) is 3.91. The average molecular weight is 343 g/mol. The summed E-state index contributed by atoms with van der Waals surface area (Å²) in [5.41, 5.74) is 3.62. The SMILES string of the molecule is CC(NC(=O)c1ncc(-c2c[nH]c3ncccc23)cn1)c1ccccc1. The Morgan fingerprint density at radius 2 is 1.81 bits per heavy atom. The third kappa shape index (κ3) is 3.04. The van der Waals surface area contributed by atoms with Crippen LogP contribution in [0.4, 0.5) is 0 Å². The number of fused-ring (bicyclic) bond motifs is 1. The summed E-state index contributed by atoms with van der Waals surface area (Å²) in [6, 6.07) is 13.5. The fourth-order valence-electron chi connectivity index (χ4n) is 2.87. The topological polar surface area (TPSA) is 83.6 Å². The quantitative estimate of drug-likeness (QED) is 0.594. The Kier molecular flexibility index (Phi) is 4.15. The number of rotatable bonds is 4. The van der Waals surface area contributed by atoms with E-state index in [4.69, 9.17) is 0 Å². The number of nitrogens with one attached hydrogen (secondary N) is 2. The highest BCUT2D eigenvalue weighted by atomic mass is 16.2. The third-order valence-corrected chi connectivity index (χ3v) is 4.26. The molecule has 26 heavy (non-hydrogen) atoms. The van der Waals surface area contributed by atoms with E-state index in [1.807, 2.05) is 55.6 Å². The number of carbonyl (C=O) groups excluding carboxylic acids is 1. The number of aromatic nitrogens is 4. The Hall–Kier alpha value is -3.54. The fourth-order valence-corrected chi connectivity index (χ4v) is 2.87. The Bertz CT molecular complexity index is 1040.